The number of carbonyl (C=O) groups is 2. The predicted octanol–water partition coefficient (Wildman–Crippen LogP) is 3.77. The van der Waals surface area contributed by atoms with Crippen LogP contribution >= 0.6 is 15.9 Å². The van der Waals surface area contributed by atoms with Crippen LogP contribution in [0.1, 0.15) is 17.3 Å². The van der Waals surface area contributed by atoms with Crippen molar-refractivity contribution in [2.75, 3.05) is 5.32 Å². The van der Waals surface area contributed by atoms with Crippen molar-refractivity contribution in [2.24, 2.45) is 0 Å². The minimum absolute atomic E-state index is 0.337. The van der Waals surface area contributed by atoms with Gasteiger partial charge in [0.15, 0.2) is 6.10 Å². The van der Waals surface area contributed by atoms with Gasteiger partial charge >= 0.3 is 5.97 Å². The zero-order valence-electron chi connectivity index (χ0n) is 11.7. The number of esters is 1. The standard InChI is InChI=1S/C16H13BrFNO3/c1-10(15(20)19-12-8-6-11(18)7-9-12)22-16(21)13-4-2-3-5-14(13)17/h2-10H,1H3,(H,19,20)/t10-/m0/s1. The van der Waals surface area contributed by atoms with Gasteiger partial charge in [-0.25, -0.2) is 9.18 Å². The van der Waals surface area contributed by atoms with E-state index < -0.39 is 23.8 Å². The van der Waals surface area contributed by atoms with Crippen LogP contribution in [-0.2, 0) is 9.53 Å². The lowest BCUT2D eigenvalue weighted by molar-refractivity contribution is -0.123. The summed E-state index contributed by atoms with van der Waals surface area (Å²) in [5.74, 6) is -1.49. The molecule has 0 unspecified atom stereocenters. The third-order valence-corrected chi connectivity index (χ3v) is 3.55. The molecule has 2 aromatic rings. The highest BCUT2D eigenvalue weighted by Gasteiger charge is 2.20. The van der Waals surface area contributed by atoms with Gasteiger partial charge in [0.25, 0.3) is 5.91 Å². The van der Waals surface area contributed by atoms with Crippen molar-refractivity contribution in [3.05, 3.63) is 64.4 Å². The van der Waals surface area contributed by atoms with E-state index in [9.17, 15) is 14.0 Å². The highest BCUT2D eigenvalue weighted by molar-refractivity contribution is 9.10. The monoisotopic (exact) mass is 365 g/mol. The first-order chi connectivity index (χ1) is 10.5. The SMILES string of the molecule is C[C@H](OC(=O)c1ccccc1Br)C(=O)Nc1ccc(F)cc1. The molecule has 114 valence electrons. The summed E-state index contributed by atoms with van der Waals surface area (Å²) >= 11 is 3.25. The quantitative estimate of drug-likeness (QED) is 0.839. The second kappa shape index (κ2) is 7.17. The lowest BCUT2D eigenvalue weighted by Crippen LogP contribution is -2.30. The van der Waals surface area contributed by atoms with E-state index in [-0.39, 0.29) is 0 Å². The number of nitrogens with one attached hydrogen (secondary N) is 1. The van der Waals surface area contributed by atoms with Crippen LogP contribution in [0.15, 0.2) is 53.0 Å². The van der Waals surface area contributed by atoms with Gasteiger partial charge < -0.3 is 10.1 Å². The molecule has 0 aliphatic rings. The van der Waals surface area contributed by atoms with Crippen LogP contribution in [0.3, 0.4) is 0 Å². The lowest BCUT2D eigenvalue weighted by atomic mass is 10.2. The maximum absolute atomic E-state index is 12.8. The molecule has 1 N–H and O–H groups in total. The van der Waals surface area contributed by atoms with Gasteiger partial charge in [0.2, 0.25) is 0 Å². The van der Waals surface area contributed by atoms with Crippen molar-refractivity contribution in [2.45, 2.75) is 13.0 Å². The largest absolute Gasteiger partial charge is 0.449 e. The summed E-state index contributed by atoms with van der Waals surface area (Å²) in [5.41, 5.74) is 0.763. The molecule has 0 aliphatic carbocycles. The fourth-order valence-corrected chi connectivity index (χ4v) is 2.13. The summed E-state index contributed by atoms with van der Waals surface area (Å²) in [5, 5.41) is 2.55. The maximum atomic E-state index is 12.8. The second-order valence-corrected chi connectivity index (χ2v) is 5.38. The number of halogens is 2. The van der Waals surface area contributed by atoms with Crippen molar-refractivity contribution >= 4 is 33.5 Å². The van der Waals surface area contributed by atoms with Gasteiger partial charge in [-0.05, 0) is 59.3 Å². The number of hydrogen-bond acceptors (Lipinski definition) is 3. The number of amides is 1. The van der Waals surface area contributed by atoms with E-state index in [4.69, 9.17) is 4.74 Å². The zero-order valence-corrected chi connectivity index (χ0v) is 13.3. The minimum Gasteiger partial charge on any atom is -0.449 e. The Kier molecular flexibility index (Phi) is 5.27. The minimum atomic E-state index is -0.982. The lowest BCUT2D eigenvalue weighted by Gasteiger charge is -2.14. The Bertz CT molecular complexity index is 688. The number of hydrogen-bond donors (Lipinski definition) is 1. The van der Waals surface area contributed by atoms with E-state index in [1.54, 1.807) is 24.3 Å². The highest BCUT2D eigenvalue weighted by atomic mass is 79.9. The summed E-state index contributed by atoms with van der Waals surface area (Å²) < 4.78 is 18.5. The molecule has 0 saturated carbocycles. The smallest absolute Gasteiger partial charge is 0.340 e. The average molecular weight is 366 g/mol. The Morgan fingerprint density at radius 1 is 1.14 bits per heavy atom. The van der Waals surface area contributed by atoms with Crippen molar-refractivity contribution in [1.82, 2.24) is 0 Å². The Hall–Kier alpha value is -2.21. The molecule has 0 aliphatic heterocycles. The molecule has 0 aromatic heterocycles. The molecule has 0 radical (unpaired) electrons. The third kappa shape index (κ3) is 4.14. The Balaban J connectivity index is 1.98. The fraction of sp³-hybridized carbons (Fsp3) is 0.125. The molecule has 0 fully saturated rings. The summed E-state index contributed by atoms with van der Waals surface area (Å²) in [4.78, 5) is 24.0. The molecule has 2 rings (SSSR count). The summed E-state index contributed by atoms with van der Waals surface area (Å²) in [6.07, 6.45) is -0.982. The molecule has 1 atom stereocenters. The van der Waals surface area contributed by atoms with Crippen molar-refractivity contribution in [1.29, 1.82) is 0 Å². The number of ether oxygens (including phenoxy) is 1. The number of benzene rings is 2. The second-order valence-electron chi connectivity index (χ2n) is 4.52. The zero-order chi connectivity index (χ0) is 16.1. The number of anilines is 1. The van der Waals surface area contributed by atoms with Crippen LogP contribution in [0.5, 0.6) is 0 Å². The first kappa shape index (κ1) is 16.2. The summed E-state index contributed by atoms with van der Waals surface area (Å²) in [6, 6.07) is 12.1. The van der Waals surface area contributed by atoms with Crippen LogP contribution in [0, 0.1) is 5.82 Å². The van der Waals surface area contributed by atoms with E-state index in [1.807, 2.05) is 0 Å². The predicted molar refractivity (Wildman–Crippen MR) is 84.0 cm³/mol. The van der Waals surface area contributed by atoms with E-state index >= 15 is 0 Å². The Morgan fingerprint density at radius 2 is 1.77 bits per heavy atom. The van der Waals surface area contributed by atoms with Gasteiger partial charge in [-0.2, -0.15) is 0 Å². The third-order valence-electron chi connectivity index (χ3n) is 2.86. The molecule has 2 aromatic carbocycles. The molecule has 0 saturated heterocycles. The van der Waals surface area contributed by atoms with E-state index in [2.05, 4.69) is 21.2 Å². The van der Waals surface area contributed by atoms with Gasteiger partial charge in [-0.1, -0.05) is 12.1 Å². The summed E-state index contributed by atoms with van der Waals surface area (Å²) in [6.45, 7) is 1.47. The fourth-order valence-electron chi connectivity index (χ4n) is 1.68. The van der Waals surface area contributed by atoms with Crippen molar-refractivity contribution in [3.63, 3.8) is 0 Å². The van der Waals surface area contributed by atoms with Crippen LogP contribution in [-0.4, -0.2) is 18.0 Å². The van der Waals surface area contributed by atoms with Gasteiger partial charge in [-0.15, -0.1) is 0 Å². The van der Waals surface area contributed by atoms with Crippen LogP contribution in [0.4, 0.5) is 10.1 Å². The number of rotatable bonds is 4. The topological polar surface area (TPSA) is 55.4 Å². The normalized spacial score (nSPS) is 11.6. The Labute approximate surface area is 135 Å². The molecule has 4 nitrogen and oxygen atoms in total. The van der Waals surface area contributed by atoms with Crippen molar-refractivity contribution < 1.29 is 18.7 Å². The molecule has 6 heteroatoms. The van der Waals surface area contributed by atoms with Gasteiger partial charge in [0.1, 0.15) is 5.82 Å². The molecule has 0 heterocycles. The molecule has 0 bridgehead atoms. The molecule has 0 spiro atoms. The highest BCUT2D eigenvalue weighted by Crippen LogP contribution is 2.17. The molecular formula is C16H13BrFNO3. The molecule has 22 heavy (non-hydrogen) atoms. The first-order valence-corrected chi connectivity index (χ1v) is 7.28. The molecular weight excluding hydrogens is 353 g/mol. The van der Waals surface area contributed by atoms with Gasteiger partial charge in [0, 0.05) is 10.2 Å². The van der Waals surface area contributed by atoms with Crippen LogP contribution in [0.2, 0.25) is 0 Å². The van der Waals surface area contributed by atoms with Gasteiger partial charge in [-0.3, -0.25) is 4.79 Å². The maximum Gasteiger partial charge on any atom is 0.340 e. The Morgan fingerprint density at radius 3 is 2.41 bits per heavy atom. The first-order valence-electron chi connectivity index (χ1n) is 6.49. The van der Waals surface area contributed by atoms with Crippen LogP contribution in [0.25, 0.3) is 0 Å². The van der Waals surface area contributed by atoms with Gasteiger partial charge in [0.05, 0.1) is 5.56 Å². The summed E-state index contributed by atoms with van der Waals surface area (Å²) in [7, 11) is 0. The van der Waals surface area contributed by atoms with Crippen LogP contribution < -0.4 is 5.32 Å². The van der Waals surface area contributed by atoms with E-state index in [0.717, 1.165) is 0 Å². The van der Waals surface area contributed by atoms with E-state index in [0.29, 0.717) is 15.7 Å². The number of carbonyl (C=O) groups excluding carboxylic acids is 2. The van der Waals surface area contributed by atoms with E-state index in [1.165, 1.54) is 31.2 Å². The van der Waals surface area contributed by atoms with Crippen molar-refractivity contribution in [3.8, 4) is 0 Å². The average Bonchev–Trinajstić information content (AvgIpc) is 2.49. The molecule has 1 amide bonds.